The van der Waals surface area contributed by atoms with Gasteiger partial charge in [-0.15, -0.1) is 0 Å². The summed E-state index contributed by atoms with van der Waals surface area (Å²) in [6.45, 7) is 7.91. The molecule has 1 rings (SSSR count). The van der Waals surface area contributed by atoms with Crippen molar-refractivity contribution in [3.05, 3.63) is 30.1 Å². The molecule has 1 heterocycles. The van der Waals surface area contributed by atoms with Crippen molar-refractivity contribution in [3.8, 4) is 0 Å². The number of hydrogen-bond acceptors (Lipinski definition) is 3. The highest BCUT2D eigenvalue weighted by Gasteiger charge is 2.15. The number of ether oxygens (including phenoxy) is 1. The minimum atomic E-state index is -0.370. The standard InChI is InChI=1S/C17H27NO2/c1-14(15-11-8-9-13-18-15)10-6-5-7-12-16(19)20-17(2,3)4/h8-9,11,13-14H,5-7,10,12H2,1-4H3/t14-/m0/s1. The van der Waals surface area contributed by atoms with Gasteiger partial charge in [-0.3, -0.25) is 9.78 Å². The third kappa shape index (κ3) is 7.27. The first-order valence-corrected chi connectivity index (χ1v) is 7.51. The second-order valence-electron chi connectivity index (χ2n) is 6.34. The minimum Gasteiger partial charge on any atom is -0.460 e. The van der Waals surface area contributed by atoms with Crippen LogP contribution in [0.15, 0.2) is 24.4 Å². The van der Waals surface area contributed by atoms with Gasteiger partial charge in [-0.2, -0.15) is 0 Å². The zero-order valence-electron chi connectivity index (χ0n) is 13.2. The van der Waals surface area contributed by atoms with E-state index in [4.69, 9.17) is 4.74 Å². The van der Waals surface area contributed by atoms with Crippen LogP contribution >= 0.6 is 0 Å². The van der Waals surface area contributed by atoms with E-state index < -0.39 is 0 Å². The van der Waals surface area contributed by atoms with Gasteiger partial charge >= 0.3 is 5.97 Å². The highest BCUT2D eigenvalue weighted by atomic mass is 16.6. The van der Waals surface area contributed by atoms with Crippen molar-refractivity contribution in [1.82, 2.24) is 4.98 Å². The van der Waals surface area contributed by atoms with Crippen LogP contribution in [0.4, 0.5) is 0 Å². The average Bonchev–Trinajstić information content (AvgIpc) is 2.37. The maximum absolute atomic E-state index is 11.5. The second kappa shape index (κ2) is 8.03. The summed E-state index contributed by atoms with van der Waals surface area (Å²) in [5.41, 5.74) is 0.782. The van der Waals surface area contributed by atoms with Crippen LogP contribution in [0.25, 0.3) is 0 Å². The fraction of sp³-hybridized carbons (Fsp3) is 0.647. The predicted octanol–water partition coefficient (Wildman–Crippen LogP) is 4.48. The van der Waals surface area contributed by atoms with Gasteiger partial charge < -0.3 is 4.74 Å². The molecule has 0 radical (unpaired) electrons. The van der Waals surface area contributed by atoms with Crippen LogP contribution in [0, 0.1) is 0 Å². The first kappa shape index (κ1) is 16.7. The summed E-state index contributed by atoms with van der Waals surface area (Å²) in [5, 5.41) is 0. The molecule has 0 unspecified atom stereocenters. The SMILES string of the molecule is C[C@@H](CCCCCC(=O)OC(C)(C)C)c1ccccn1. The Kier molecular flexibility index (Phi) is 6.69. The van der Waals surface area contributed by atoms with E-state index in [1.807, 2.05) is 39.1 Å². The third-order valence-corrected chi connectivity index (χ3v) is 3.13. The Bertz CT molecular complexity index is 395. The summed E-state index contributed by atoms with van der Waals surface area (Å²) in [6, 6.07) is 6.05. The lowest BCUT2D eigenvalue weighted by Crippen LogP contribution is -2.23. The Balaban J connectivity index is 2.12. The number of pyridine rings is 1. The molecular weight excluding hydrogens is 250 g/mol. The molecule has 0 N–H and O–H groups in total. The summed E-state index contributed by atoms with van der Waals surface area (Å²) in [7, 11) is 0. The molecule has 0 bridgehead atoms. The molecular formula is C17H27NO2. The molecule has 0 aromatic carbocycles. The molecule has 1 atom stereocenters. The summed E-state index contributed by atoms with van der Waals surface area (Å²) in [5.74, 6) is 0.396. The molecule has 0 aliphatic carbocycles. The normalized spacial score (nSPS) is 13.0. The van der Waals surface area contributed by atoms with E-state index >= 15 is 0 Å². The van der Waals surface area contributed by atoms with E-state index in [0.717, 1.165) is 31.4 Å². The summed E-state index contributed by atoms with van der Waals surface area (Å²) in [4.78, 5) is 15.9. The number of nitrogens with zero attached hydrogens (tertiary/aromatic N) is 1. The molecule has 3 nitrogen and oxygen atoms in total. The molecule has 1 aromatic rings. The van der Waals surface area contributed by atoms with Crippen LogP contribution in [-0.4, -0.2) is 16.6 Å². The van der Waals surface area contributed by atoms with Gasteiger partial charge in [0.2, 0.25) is 0 Å². The molecule has 20 heavy (non-hydrogen) atoms. The van der Waals surface area contributed by atoms with Gasteiger partial charge in [-0.25, -0.2) is 0 Å². The zero-order valence-corrected chi connectivity index (χ0v) is 13.2. The third-order valence-electron chi connectivity index (χ3n) is 3.13. The van der Waals surface area contributed by atoms with Crippen molar-refractivity contribution in [2.75, 3.05) is 0 Å². The summed E-state index contributed by atoms with van der Waals surface area (Å²) < 4.78 is 5.29. The van der Waals surface area contributed by atoms with E-state index in [1.54, 1.807) is 0 Å². The predicted molar refractivity (Wildman–Crippen MR) is 81.6 cm³/mol. The van der Waals surface area contributed by atoms with Crippen molar-refractivity contribution in [2.24, 2.45) is 0 Å². The Hall–Kier alpha value is -1.38. The van der Waals surface area contributed by atoms with Crippen molar-refractivity contribution < 1.29 is 9.53 Å². The van der Waals surface area contributed by atoms with E-state index in [9.17, 15) is 4.79 Å². The van der Waals surface area contributed by atoms with Gasteiger partial charge in [0.05, 0.1) is 0 Å². The van der Waals surface area contributed by atoms with Gasteiger partial charge in [0, 0.05) is 18.3 Å². The van der Waals surface area contributed by atoms with Crippen molar-refractivity contribution >= 4 is 5.97 Å². The van der Waals surface area contributed by atoms with Crippen LogP contribution in [0.3, 0.4) is 0 Å². The lowest BCUT2D eigenvalue weighted by atomic mass is 9.99. The molecule has 0 spiro atoms. The van der Waals surface area contributed by atoms with Crippen LogP contribution in [-0.2, 0) is 9.53 Å². The molecule has 0 saturated heterocycles. The highest BCUT2D eigenvalue weighted by molar-refractivity contribution is 5.69. The highest BCUT2D eigenvalue weighted by Crippen LogP contribution is 2.20. The Morgan fingerprint density at radius 2 is 2.00 bits per heavy atom. The number of carbonyl (C=O) groups excluding carboxylic acids is 1. The lowest BCUT2D eigenvalue weighted by molar-refractivity contribution is -0.154. The van der Waals surface area contributed by atoms with Gasteiger partial charge in [-0.05, 0) is 51.7 Å². The van der Waals surface area contributed by atoms with E-state index in [1.165, 1.54) is 0 Å². The van der Waals surface area contributed by atoms with Gasteiger partial charge in [0.25, 0.3) is 0 Å². The van der Waals surface area contributed by atoms with E-state index in [2.05, 4.69) is 18.0 Å². The van der Waals surface area contributed by atoms with Crippen LogP contribution in [0.5, 0.6) is 0 Å². The molecule has 0 saturated carbocycles. The quantitative estimate of drug-likeness (QED) is 0.545. The molecule has 0 aliphatic rings. The Labute approximate surface area is 122 Å². The number of aromatic nitrogens is 1. The van der Waals surface area contributed by atoms with Crippen molar-refractivity contribution in [2.45, 2.75) is 71.3 Å². The summed E-state index contributed by atoms with van der Waals surface area (Å²) in [6.07, 6.45) is 6.58. The molecule has 0 fully saturated rings. The fourth-order valence-electron chi connectivity index (χ4n) is 2.10. The first-order chi connectivity index (χ1) is 9.38. The van der Waals surface area contributed by atoms with Crippen LogP contribution < -0.4 is 0 Å². The van der Waals surface area contributed by atoms with Gasteiger partial charge in [0.1, 0.15) is 5.60 Å². The van der Waals surface area contributed by atoms with Gasteiger partial charge in [-0.1, -0.05) is 25.8 Å². The van der Waals surface area contributed by atoms with Crippen LogP contribution in [0.2, 0.25) is 0 Å². The number of carbonyl (C=O) groups is 1. The second-order valence-corrected chi connectivity index (χ2v) is 6.34. The maximum Gasteiger partial charge on any atom is 0.306 e. The monoisotopic (exact) mass is 277 g/mol. The molecule has 0 aliphatic heterocycles. The largest absolute Gasteiger partial charge is 0.460 e. The van der Waals surface area contributed by atoms with E-state index in [-0.39, 0.29) is 11.6 Å². The number of rotatable bonds is 7. The Morgan fingerprint density at radius 1 is 1.25 bits per heavy atom. The number of hydrogen-bond donors (Lipinski definition) is 0. The number of esters is 1. The lowest BCUT2D eigenvalue weighted by Gasteiger charge is -2.19. The van der Waals surface area contributed by atoms with E-state index in [0.29, 0.717) is 12.3 Å². The zero-order chi connectivity index (χ0) is 15.0. The fourth-order valence-corrected chi connectivity index (χ4v) is 2.10. The van der Waals surface area contributed by atoms with Crippen molar-refractivity contribution in [1.29, 1.82) is 0 Å². The molecule has 3 heteroatoms. The molecule has 1 aromatic heterocycles. The Morgan fingerprint density at radius 3 is 2.60 bits per heavy atom. The summed E-state index contributed by atoms with van der Waals surface area (Å²) >= 11 is 0. The van der Waals surface area contributed by atoms with Gasteiger partial charge in [0.15, 0.2) is 0 Å². The smallest absolute Gasteiger partial charge is 0.306 e. The average molecular weight is 277 g/mol. The maximum atomic E-state index is 11.5. The topological polar surface area (TPSA) is 39.2 Å². The molecule has 0 amide bonds. The molecule has 112 valence electrons. The van der Waals surface area contributed by atoms with Crippen LogP contribution in [0.1, 0.15) is 71.4 Å². The van der Waals surface area contributed by atoms with Crippen molar-refractivity contribution in [3.63, 3.8) is 0 Å². The minimum absolute atomic E-state index is 0.0877. The number of unbranched alkanes of at least 4 members (excludes halogenated alkanes) is 2. The first-order valence-electron chi connectivity index (χ1n) is 7.51.